The Morgan fingerprint density at radius 1 is 1.05 bits per heavy atom. The summed E-state index contributed by atoms with van der Waals surface area (Å²) in [5.41, 5.74) is 3.66. The van der Waals surface area contributed by atoms with Crippen molar-refractivity contribution in [2.24, 2.45) is 17.3 Å². The Labute approximate surface area is 239 Å². The highest BCUT2D eigenvalue weighted by Crippen LogP contribution is 2.69. The van der Waals surface area contributed by atoms with Crippen molar-refractivity contribution < 1.29 is 19.5 Å². The predicted octanol–water partition coefficient (Wildman–Crippen LogP) is 6.31. The highest BCUT2D eigenvalue weighted by molar-refractivity contribution is 9.10. The first-order chi connectivity index (χ1) is 18.7. The maximum Gasteiger partial charge on any atom is 0.280 e. The SMILES string of the molecule is C[C@]12C[C@H](c3ccc(N4CCCCC4)cc3)C3=C4CCC5(C[C@]4(O)CC[C@H]3[C@@H]1CCC2(Br)[N+](=O)[O-])OCCO5. The van der Waals surface area contributed by atoms with Crippen LogP contribution in [0.3, 0.4) is 0 Å². The summed E-state index contributed by atoms with van der Waals surface area (Å²) in [6.07, 6.45) is 9.45. The van der Waals surface area contributed by atoms with Gasteiger partial charge in [-0.1, -0.05) is 24.6 Å². The van der Waals surface area contributed by atoms with Crippen molar-refractivity contribution in [2.45, 2.75) is 99.3 Å². The van der Waals surface area contributed by atoms with Crippen molar-refractivity contribution in [2.75, 3.05) is 31.2 Å². The number of fused-ring (bicyclic) bond motifs is 4. The lowest BCUT2D eigenvalue weighted by Gasteiger charge is -2.56. The minimum absolute atomic E-state index is 0.0556. The number of halogens is 1. The Bertz CT molecular complexity index is 1180. The van der Waals surface area contributed by atoms with Crippen molar-refractivity contribution in [1.29, 1.82) is 0 Å². The zero-order valence-corrected chi connectivity index (χ0v) is 24.6. The Kier molecular flexibility index (Phi) is 6.28. The van der Waals surface area contributed by atoms with E-state index in [9.17, 15) is 15.2 Å². The number of hydrogen-bond donors (Lipinski definition) is 1. The topological polar surface area (TPSA) is 85.1 Å². The molecule has 0 amide bonds. The molecule has 0 aromatic heterocycles. The van der Waals surface area contributed by atoms with Gasteiger partial charge in [-0.2, -0.15) is 0 Å². The molecule has 2 aliphatic heterocycles. The fraction of sp³-hybridized carbons (Fsp3) is 0.742. The fourth-order valence-electron chi connectivity index (χ4n) is 9.63. The number of ether oxygens (including phenoxy) is 2. The zero-order chi connectivity index (χ0) is 27.0. The molecule has 6 aliphatic rings. The second kappa shape index (κ2) is 9.27. The summed E-state index contributed by atoms with van der Waals surface area (Å²) in [7, 11) is 0. The van der Waals surface area contributed by atoms with Gasteiger partial charge in [0.25, 0.3) is 4.45 Å². The van der Waals surface area contributed by atoms with Gasteiger partial charge in [-0.3, -0.25) is 10.1 Å². The molecule has 7 rings (SSSR count). The normalized spacial score (nSPS) is 41.3. The molecular formula is C31H41BrN2O5. The van der Waals surface area contributed by atoms with E-state index in [1.54, 1.807) is 0 Å². The van der Waals surface area contributed by atoms with E-state index in [-0.39, 0.29) is 22.7 Å². The lowest BCUT2D eigenvalue weighted by atomic mass is 9.51. The molecular weight excluding hydrogens is 560 g/mol. The highest BCUT2D eigenvalue weighted by atomic mass is 79.9. The number of piperidine rings is 1. The molecule has 2 saturated heterocycles. The van der Waals surface area contributed by atoms with Crippen LogP contribution < -0.4 is 4.90 Å². The van der Waals surface area contributed by atoms with Crippen molar-refractivity contribution in [3.8, 4) is 0 Å². The molecule has 2 heterocycles. The predicted molar refractivity (Wildman–Crippen MR) is 153 cm³/mol. The van der Waals surface area contributed by atoms with Crippen molar-refractivity contribution in [3.63, 3.8) is 0 Å². The van der Waals surface area contributed by atoms with E-state index in [1.807, 2.05) is 0 Å². The van der Waals surface area contributed by atoms with Gasteiger partial charge < -0.3 is 19.5 Å². The van der Waals surface area contributed by atoms with Gasteiger partial charge in [0.1, 0.15) is 0 Å². The molecule has 8 heteroatoms. The third kappa shape index (κ3) is 3.91. The van der Waals surface area contributed by atoms with Gasteiger partial charge in [0.2, 0.25) is 0 Å². The highest BCUT2D eigenvalue weighted by Gasteiger charge is 2.70. The van der Waals surface area contributed by atoms with Gasteiger partial charge in [-0.25, -0.2) is 0 Å². The number of allylic oxidation sites excluding steroid dienone is 1. The largest absolute Gasteiger partial charge is 0.385 e. The standard InChI is InChI=1S/C31H41BrN2O5/c1-28-19-24(21-5-7-22(8-6-21)33-15-3-2-4-16-33)27-23(25(28)11-14-31(28,32)34(36)37)9-12-29(35)20-30(13-10-26(27)29)38-17-18-39-30/h5-8,23-25,35H,2-4,9-20H2,1H3/t23-,24+,25-,28-,29+,31?/m0/s1. The summed E-state index contributed by atoms with van der Waals surface area (Å²) in [6, 6.07) is 9.04. The average Bonchev–Trinajstić information content (AvgIpc) is 3.50. The lowest BCUT2D eigenvalue weighted by molar-refractivity contribution is -0.553. The molecule has 212 valence electrons. The lowest BCUT2D eigenvalue weighted by Crippen LogP contribution is -2.55. The second-order valence-corrected chi connectivity index (χ2v) is 14.7. The number of benzene rings is 1. The third-order valence-corrected chi connectivity index (χ3v) is 13.2. The molecule has 7 nitrogen and oxygen atoms in total. The third-order valence-electron chi connectivity index (χ3n) is 11.6. The van der Waals surface area contributed by atoms with Crippen LogP contribution in [0.1, 0.15) is 89.0 Å². The average molecular weight is 602 g/mol. The molecule has 1 aromatic carbocycles. The summed E-state index contributed by atoms with van der Waals surface area (Å²) in [5.74, 6) is -0.120. The van der Waals surface area contributed by atoms with E-state index in [1.165, 1.54) is 41.7 Å². The fourth-order valence-corrected chi connectivity index (χ4v) is 10.3. The molecule has 6 atom stereocenters. The number of aliphatic hydroxyl groups is 1. The molecule has 5 fully saturated rings. The van der Waals surface area contributed by atoms with Gasteiger partial charge in [0.15, 0.2) is 5.79 Å². The maximum absolute atomic E-state index is 12.5. The molecule has 4 aliphatic carbocycles. The molecule has 1 N–H and O–H groups in total. The van der Waals surface area contributed by atoms with Crippen LogP contribution in [0.2, 0.25) is 0 Å². The molecule has 1 aromatic rings. The summed E-state index contributed by atoms with van der Waals surface area (Å²) < 4.78 is 11.0. The number of nitro groups is 1. The number of nitrogens with zero attached hydrogens (tertiary/aromatic N) is 2. The second-order valence-electron chi connectivity index (χ2n) is 13.4. The smallest absolute Gasteiger partial charge is 0.280 e. The number of alkyl halides is 1. The molecule has 1 spiro atoms. The minimum atomic E-state index is -1.11. The van der Waals surface area contributed by atoms with E-state index in [4.69, 9.17) is 9.47 Å². The number of hydrogen-bond acceptors (Lipinski definition) is 6. The van der Waals surface area contributed by atoms with Gasteiger partial charge in [-0.05, 0) is 86.5 Å². The zero-order valence-electron chi connectivity index (χ0n) is 23.0. The molecule has 0 radical (unpaired) electrons. The van der Waals surface area contributed by atoms with Crippen molar-refractivity contribution in [3.05, 3.63) is 51.1 Å². The van der Waals surface area contributed by atoms with Crippen LogP contribution in [0, 0.1) is 27.4 Å². The molecule has 1 unspecified atom stereocenters. The Balaban J connectivity index is 1.31. The summed E-state index contributed by atoms with van der Waals surface area (Å²) in [5, 5.41) is 24.7. The van der Waals surface area contributed by atoms with Crippen LogP contribution in [-0.2, 0) is 9.47 Å². The van der Waals surface area contributed by atoms with Crippen LogP contribution >= 0.6 is 15.9 Å². The first kappa shape index (κ1) is 26.4. The van der Waals surface area contributed by atoms with Crippen molar-refractivity contribution in [1.82, 2.24) is 0 Å². The van der Waals surface area contributed by atoms with Gasteiger partial charge in [-0.15, -0.1) is 0 Å². The quantitative estimate of drug-likeness (QED) is 0.144. The maximum atomic E-state index is 12.5. The van der Waals surface area contributed by atoms with Crippen LogP contribution in [-0.4, -0.2) is 52.2 Å². The van der Waals surface area contributed by atoms with Crippen LogP contribution in [0.5, 0.6) is 0 Å². The van der Waals surface area contributed by atoms with E-state index in [0.29, 0.717) is 32.5 Å². The first-order valence-electron chi connectivity index (χ1n) is 15.1. The summed E-state index contributed by atoms with van der Waals surface area (Å²) >= 11 is 3.70. The minimum Gasteiger partial charge on any atom is -0.385 e. The van der Waals surface area contributed by atoms with E-state index in [0.717, 1.165) is 45.2 Å². The number of anilines is 1. The van der Waals surface area contributed by atoms with Gasteiger partial charge in [0, 0.05) is 64.8 Å². The van der Waals surface area contributed by atoms with Crippen LogP contribution in [0.15, 0.2) is 35.4 Å². The van der Waals surface area contributed by atoms with Gasteiger partial charge in [0.05, 0.1) is 24.2 Å². The number of rotatable bonds is 3. The van der Waals surface area contributed by atoms with E-state index < -0.39 is 21.3 Å². The Morgan fingerprint density at radius 2 is 1.77 bits per heavy atom. The van der Waals surface area contributed by atoms with Gasteiger partial charge >= 0.3 is 0 Å². The summed E-state index contributed by atoms with van der Waals surface area (Å²) in [4.78, 5) is 14.9. The van der Waals surface area contributed by atoms with Crippen LogP contribution in [0.4, 0.5) is 5.69 Å². The monoisotopic (exact) mass is 600 g/mol. The van der Waals surface area contributed by atoms with E-state index in [2.05, 4.69) is 52.0 Å². The summed E-state index contributed by atoms with van der Waals surface area (Å²) in [6.45, 7) is 5.55. The molecule has 39 heavy (non-hydrogen) atoms. The molecule has 3 saturated carbocycles. The first-order valence-corrected chi connectivity index (χ1v) is 15.9. The molecule has 0 bridgehead atoms. The van der Waals surface area contributed by atoms with E-state index >= 15 is 0 Å². The Morgan fingerprint density at radius 3 is 2.46 bits per heavy atom. The Hall–Kier alpha value is -1.48. The van der Waals surface area contributed by atoms with Crippen molar-refractivity contribution >= 4 is 21.6 Å². The van der Waals surface area contributed by atoms with Crippen LogP contribution in [0.25, 0.3) is 0 Å².